The van der Waals surface area contributed by atoms with Crippen molar-refractivity contribution in [2.75, 3.05) is 31.5 Å². The fourth-order valence-corrected chi connectivity index (χ4v) is 4.71. The molecule has 9 nitrogen and oxygen atoms in total. The average molecular weight is 454 g/mol. The van der Waals surface area contributed by atoms with E-state index >= 15 is 0 Å². The van der Waals surface area contributed by atoms with Gasteiger partial charge in [0.25, 0.3) is 0 Å². The van der Waals surface area contributed by atoms with E-state index in [1.807, 2.05) is 0 Å². The molecule has 0 spiro atoms. The lowest BCUT2D eigenvalue weighted by Crippen LogP contribution is -2.26. The maximum absolute atomic E-state index is 12.4. The molecular formula is C19H23N3O6S2. The summed E-state index contributed by atoms with van der Waals surface area (Å²) in [7, 11) is -4.01. The number of ether oxygens (including phenoxy) is 2. The van der Waals surface area contributed by atoms with Crippen molar-refractivity contribution in [3.8, 4) is 11.5 Å². The van der Waals surface area contributed by atoms with E-state index in [0.29, 0.717) is 40.4 Å². The summed E-state index contributed by atoms with van der Waals surface area (Å²) < 4.78 is 61.8. The molecular weight excluding hydrogens is 430 g/mol. The second kappa shape index (κ2) is 8.15. The number of benzene rings is 2. The number of nitrogens with zero attached hydrogens (tertiary/aromatic N) is 2. The molecule has 0 saturated carbocycles. The molecule has 0 bridgehead atoms. The van der Waals surface area contributed by atoms with E-state index in [4.69, 9.17) is 9.47 Å². The number of anilines is 1. The van der Waals surface area contributed by atoms with Crippen molar-refractivity contribution in [3.05, 3.63) is 53.6 Å². The van der Waals surface area contributed by atoms with Gasteiger partial charge in [0, 0.05) is 17.7 Å². The quantitative estimate of drug-likeness (QED) is 0.687. The van der Waals surface area contributed by atoms with Crippen molar-refractivity contribution >= 4 is 31.4 Å². The summed E-state index contributed by atoms with van der Waals surface area (Å²) in [4.78, 5) is 0. The second-order valence-electron chi connectivity index (χ2n) is 6.86. The first kappa shape index (κ1) is 21.9. The molecule has 1 heterocycles. The van der Waals surface area contributed by atoms with Crippen molar-refractivity contribution in [3.63, 3.8) is 0 Å². The van der Waals surface area contributed by atoms with E-state index < -0.39 is 26.1 Å². The van der Waals surface area contributed by atoms with Crippen molar-refractivity contribution in [2.45, 2.75) is 12.5 Å². The van der Waals surface area contributed by atoms with Crippen molar-refractivity contribution in [2.24, 2.45) is 5.10 Å². The summed E-state index contributed by atoms with van der Waals surface area (Å²) in [6.45, 7) is 0. The Hall–Kier alpha value is -2.79. The summed E-state index contributed by atoms with van der Waals surface area (Å²) in [6.07, 6.45) is 2.48. The first-order chi connectivity index (χ1) is 14.0. The van der Waals surface area contributed by atoms with Gasteiger partial charge in [-0.2, -0.15) is 9.52 Å². The summed E-state index contributed by atoms with van der Waals surface area (Å²) in [5.74, 6) is 1.10. The van der Waals surface area contributed by atoms with E-state index in [2.05, 4.69) is 9.82 Å². The molecule has 30 heavy (non-hydrogen) atoms. The molecule has 3 rings (SSSR count). The highest BCUT2D eigenvalue weighted by molar-refractivity contribution is 7.92. The third-order valence-corrected chi connectivity index (χ3v) is 6.15. The van der Waals surface area contributed by atoms with Crippen molar-refractivity contribution in [1.82, 2.24) is 4.41 Å². The Morgan fingerprint density at radius 2 is 1.67 bits per heavy atom. The lowest BCUT2D eigenvalue weighted by molar-refractivity contribution is 0.348. The van der Waals surface area contributed by atoms with Crippen LogP contribution in [0.4, 0.5) is 5.69 Å². The van der Waals surface area contributed by atoms with Gasteiger partial charge in [0.15, 0.2) is 0 Å². The monoisotopic (exact) mass is 453 g/mol. The highest BCUT2D eigenvalue weighted by atomic mass is 32.2. The fourth-order valence-electron chi connectivity index (χ4n) is 3.25. The van der Waals surface area contributed by atoms with E-state index in [9.17, 15) is 16.8 Å². The molecule has 0 amide bonds. The van der Waals surface area contributed by atoms with Crippen LogP contribution < -0.4 is 14.2 Å². The second-order valence-corrected chi connectivity index (χ2v) is 10.5. The van der Waals surface area contributed by atoms with E-state index in [0.717, 1.165) is 16.9 Å². The standard InChI is InChI=1S/C19H23N3O6S2/c1-27-15-9-10-19(28-2)16(11-15)18-12-17(20-22(18)30(4,25)26)13-5-7-14(8-6-13)21-29(3,23)24/h5-11,18,21H,12H2,1-4H3. The summed E-state index contributed by atoms with van der Waals surface area (Å²) in [6, 6.07) is 11.2. The highest BCUT2D eigenvalue weighted by Crippen LogP contribution is 2.40. The van der Waals surface area contributed by atoms with Gasteiger partial charge in [-0.15, -0.1) is 0 Å². The molecule has 0 saturated heterocycles. The zero-order valence-corrected chi connectivity index (χ0v) is 18.6. The fraction of sp³-hybridized carbons (Fsp3) is 0.316. The molecule has 1 aliphatic heterocycles. The molecule has 1 unspecified atom stereocenters. The Morgan fingerprint density at radius 1 is 1.00 bits per heavy atom. The molecule has 2 aromatic rings. The number of rotatable bonds is 7. The number of hydrogen-bond donors (Lipinski definition) is 1. The molecule has 0 fully saturated rings. The molecule has 1 atom stereocenters. The molecule has 11 heteroatoms. The Kier molecular flexibility index (Phi) is 5.95. The van der Waals surface area contributed by atoms with Crippen LogP contribution in [0.25, 0.3) is 0 Å². The molecule has 1 N–H and O–H groups in total. The predicted octanol–water partition coefficient (Wildman–Crippen LogP) is 2.19. The smallest absolute Gasteiger partial charge is 0.247 e. The van der Waals surface area contributed by atoms with E-state index in [-0.39, 0.29) is 0 Å². The zero-order chi connectivity index (χ0) is 22.1. The van der Waals surface area contributed by atoms with E-state index in [1.165, 1.54) is 14.2 Å². The normalized spacial score (nSPS) is 16.9. The van der Waals surface area contributed by atoms with Gasteiger partial charge < -0.3 is 9.47 Å². The lowest BCUT2D eigenvalue weighted by atomic mass is 9.98. The third-order valence-electron chi connectivity index (χ3n) is 4.53. The van der Waals surface area contributed by atoms with Crippen LogP contribution in [-0.2, 0) is 20.0 Å². The van der Waals surface area contributed by atoms with Crippen molar-refractivity contribution < 1.29 is 26.3 Å². The van der Waals surface area contributed by atoms with Crippen LogP contribution in [0.1, 0.15) is 23.6 Å². The maximum atomic E-state index is 12.4. The Morgan fingerprint density at radius 3 is 2.20 bits per heavy atom. The topological polar surface area (TPSA) is 114 Å². The zero-order valence-electron chi connectivity index (χ0n) is 17.0. The van der Waals surface area contributed by atoms with Gasteiger partial charge in [-0.1, -0.05) is 12.1 Å². The van der Waals surface area contributed by atoms with Crippen LogP contribution in [0.15, 0.2) is 47.6 Å². The number of sulfonamides is 2. The Bertz CT molecular complexity index is 1180. The van der Waals surface area contributed by atoms with Gasteiger partial charge in [0.1, 0.15) is 11.5 Å². The summed E-state index contributed by atoms with van der Waals surface area (Å²) >= 11 is 0. The van der Waals surface area contributed by atoms with Crippen molar-refractivity contribution in [1.29, 1.82) is 0 Å². The number of hydrazone groups is 1. The molecule has 0 aromatic heterocycles. The minimum absolute atomic E-state index is 0.315. The van der Waals surface area contributed by atoms with Gasteiger partial charge in [-0.05, 0) is 35.9 Å². The Balaban J connectivity index is 1.99. The van der Waals surface area contributed by atoms with Gasteiger partial charge in [-0.3, -0.25) is 4.72 Å². The van der Waals surface area contributed by atoms with Gasteiger partial charge in [0.05, 0.1) is 38.5 Å². The summed E-state index contributed by atoms with van der Waals surface area (Å²) in [5, 5.41) is 4.35. The minimum atomic E-state index is -3.66. The van der Waals surface area contributed by atoms with Crippen LogP contribution in [0, 0.1) is 0 Å². The number of hydrogen-bond acceptors (Lipinski definition) is 7. The molecule has 1 aliphatic rings. The molecule has 2 aromatic carbocycles. The third kappa shape index (κ3) is 4.85. The lowest BCUT2D eigenvalue weighted by Gasteiger charge is -2.23. The van der Waals surface area contributed by atoms with Gasteiger partial charge in [0.2, 0.25) is 20.0 Å². The maximum Gasteiger partial charge on any atom is 0.247 e. The highest BCUT2D eigenvalue weighted by Gasteiger charge is 2.36. The number of methoxy groups -OCH3 is 2. The van der Waals surface area contributed by atoms with Gasteiger partial charge >= 0.3 is 0 Å². The largest absolute Gasteiger partial charge is 0.497 e. The molecule has 0 radical (unpaired) electrons. The first-order valence-electron chi connectivity index (χ1n) is 8.89. The van der Waals surface area contributed by atoms with Crippen LogP contribution in [-0.4, -0.2) is 53.7 Å². The van der Waals surface area contributed by atoms with E-state index in [1.54, 1.807) is 42.5 Å². The molecule has 162 valence electrons. The SMILES string of the molecule is COc1ccc(OC)c(C2CC(c3ccc(NS(C)(=O)=O)cc3)=NN2S(C)(=O)=O)c1. The average Bonchev–Trinajstić information content (AvgIpc) is 3.12. The summed E-state index contributed by atoms with van der Waals surface area (Å²) in [5.41, 5.74) is 2.29. The van der Waals surface area contributed by atoms with Gasteiger partial charge in [-0.25, -0.2) is 16.8 Å². The Labute approximate surface area is 176 Å². The van der Waals surface area contributed by atoms with Crippen LogP contribution in [0.2, 0.25) is 0 Å². The predicted molar refractivity (Wildman–Crippen MR) is 115 cm³/mol. The van der Waals surface area contributed by atoms with Crippen LogP contribution in [0.5, 0.6) is 11.5 Å². The first-order valence-corrected chi connectivity index (χ1v) is 12.6. The van der Waals surface area contributed by atoms with Crippen LogP contribution >= 0.6 is 0 Å². The molecule has 0 aliphatic carbocycles. The van der Waals surface area contributed by atoms with Crippen LogP contribution in [0.3, 0.4) is 0 Å². The number of nitrogens with one attached hydrogen (secondary N) is 1. The minimum Gasteiger partial charge on any atom is -0.497 e.